The van der Waals surface area contributed by atoms with Gasteiger partial charge in [-0.05, 0) is 35.7 Å². The number of imide groups is 1. The van der Waals surface area contributed by atoms with Crippen LogP contribution in [0.3, 0.4) is 0 Å². The van der Waals surface area contributed by atoms with Crippen molar-refractivity contribution < 1.29 is 14.3 Å². The summed E-state index contributed by atoms with van der Waals surface area (Å²) in [7, 11) is 0. The van der Waals surface area contributed by atoms with Crippen molar-refractivity contribution in [3.8, 4) is 5.75 Å². The number of para-hydroxylation sites is 1. The second-order valence-electron chi connectivity index (χ2n) is 6.98. The van der Waals surface area contributed by atoms with Gasteiger partial charge in [0.1, 0.15) is 11.4 Å². The quantitative estimate of drug-likeness (QED) is 0.557. The second-order valence-corrected chi connectivity index (χ2v) is 6.98. The molecule has 5 heteroatoms. The molecule has 0 aromatic heterocycles. The Labute approximate surface area is 165 Å². The summed E-state index contributed by atoms with van der Waals surface area (Å²) in [6.07, 6.45) is 1.54. The third-order valence-corrected chi connectivity index (χ3v) is 4.25. The van der Waals surface area contributed by atoms with E-state index in [1.54, 1.807) is 18.2 Å². The van der Waals surface area contributed by atoms with Gasteiger partial charge in [0.2, 0.25) is 0 Å². The number of amides is 2. The SMILES string of the molecule is C=CCN1C(=O)C(Nc2ccccc2)=C(c2ccc(OCC(C)C)cc2)C1=O. The van der Waals surface area contributed by atoms with Crippen molar-refractivity contribution in [1.82, 2.24) is 4.90 Å². The van der Waals surface area contributed by atoms with E-state index >= 15 is 0 Å². The minimum Gasteiger partial charge on any atom is -0.493 e. The van der Waals surface area contributed by atoms with E-state index in [4.69, 9.17) is 4.74 Å². The first-order chi connectivity index (χ1) is 13.5. The summed E-state index contributed by atoms with van der Waals surface area (Å²) in [5.74, 6) is 0.462. The maximum atomic E-state index is 12.9. The molecule has 0 radical (unpaired) electrons. The maximum Gasteiger partial charge on any atom is 0.278 e. The smallest absolute Gasteiger partial charge is 0.278 e. The van der Waals surface area contributed by atoms with Crippen molar-refractivity contribution in [2.24, 2.45) is 5.92 Å². The molecule has 0 aliphatic carbocycles. The monoisotopic (exact) mass is 376 g/mol. The molecule has 144 valence electrons. The van der Waals surface area contributed by atoms with Gasteiger partial charge in [-0.2, -0.15) is 0 Å². The molecule has 2 aromatic carbocycles. The molecule has 0 fully saturated rings. The number of carbonyl (C=O) groups is 2. The summed E-state index contributed by atoms with van der Waals surface area (Å²) < 4.78 is 5.71. The molecule has 1 N–H and O–H groups in total. The van der Waals surface area contributed by atoms with Gasteiger partial charge in [-0.25, -0.2) is 0 Å². The molecule has 5 nitrogen and oxygen atoms in total. The lowest BCUT2D eigenvalue weighted by molar-refractivity contribution is -0.136. The van der Waals surface area contributed by atoms with E-state index in [-0.39, 0.29) is 24.1 Å². The summed E-state index contributed by atoms with van der Waals surface area (Å²) in [6, 6.07) is 16.6. The van der Waals surface area contributed by atoms with Gasteiger partial charge in [0.15, 0.2) is 0 Å². The highest BCUT2D eigenvalue weighted by Gasteiger charge is 2.38. The molecule has 1 aliphatic rings. The van der Waals surface area contributed by atoms with Crippen molar-refractivity contribution in [1.29, 1.82) is 0 Å². The van der Waals surface area contributed by atoms with Crippen LogP contribution in [0, 0.1) is 5.92 Å². The lowest BCUT2D eigenvalue weighted by atomic mass is 10.0. The normalized spacial score (nSPS) is 14.0. The number of benzene rings is 2. The van der Waals surface area contributed by atoms with Crippen LogP contribution in [0.2, 0.25) is 0 Å². The molecule has 0 atom stereocenters. The molecule has 2 amide bonds. The van der Waals surface area contributed by atoms with Gasteiger partial charge in [-0.15, -0.1) is 6.58 Å². The van der Waals surface area contributed by atoms with Gasteiger partial charge in [-0.1, -0.05) is 50.3 Å². The van der Waals surface area contributed by atoms with Crippen LogP contribution in [0.4, 0.5) is 5.69 Å². The van der Waals surface area contributed by atoms with Crippen molar-refractivity contribution in [2.45, 2.75) is 13.8 Å². The highest BCUT2D eigenvalue weighted by molar-refractivity contribution is 6.36. The Morgan fingerprint density at radius 2 is 1.71 bits per heavy atom. The van der Waals surface area contributed by atoms with E-state index in [1.165, 1.54) is 4.90 Å². The molecule has 1 heterocycles. The molecular formula is C23H24N2O3. The van der Waals surface area contributed by atoms with Crippen LogP contribution in [0.15, 0.2) is 72.9 Å². The number of hydrogen-bond donors (Lipinski definition) is 1. The van der Waals surface area contributed by atoms with E-state index in [0.717, 1.165) is 11.4 Å². The summed E-state index contributed by atoms with van der Waals surface area (Å²) in [6.45, 7) is 8.59. The second kappa shape index (κ2) is 8.57. The van der Waals surface area contributed by atoms with E-state index in [2.05, 4.69) is 25.7 Å². The van der Waals surface area contributed by atoms with E-state index in [9.17, 15) is 9.59 Å². The van der Waals surface area contributed by atoms with Crippen molar-refractivity contribution in [3.63, 3.8) is 0 Å². The van der Waals surface area contributed by atoms with Gasteiger partial charge < -0.3 is 10.1 Å². The molecular weight excluding hydrogens is 352 g/mol. The summed E-state index contributed by atoms with van der Waals surface area (Å²) in [4.78, 5) is 27.0. The van der Waals surface area contributed by atoms with E-state index < -0.39 is 0 Å². The van der Waals surface area contributed by atoms with Crippen LogP contribution in [0.25, 0.3) is 5.57 Å². The number of anilines is 1. The Bertz CT molecular complexity index is 899. The molecule has 3 rings (SSSR count). The first kappa shape index (κ1) is 19.4. The molecule has 0 saturated heterocycles. The number of rotatable bonds is 8. The molecule has 28 heavy (non-hydrogen) atoms. The van der Waals surface area contributed by atoms with Crippen LogP contribution in [0.1, 0.15) is 19.4 Å². The predicted octanol–water partition coefficient (Wildman–Crippen LogP) is 4.10. The Hall–Kier alpha value is -3.34. The largest absolute Gasteiger partial charge is 0.493 e. The number of nitrogens with zero attached hydrogens (tertiary/aromatic N) is 1. The standard InChI is InChI=1S/C23H24N2O3/c1-4-14-25-22(26)20(17-10-12-19(13-11-17)28-15-16(2)3)21(23(25)27)24-18-8-6-5-7-9-18/h4-13,16,24H,1,14-15H2,2-3H3. The zero-order chi connectivity index (χ0) is 20.1. The number of ether oxygens (including phenoxy) is 1. The zero-order valence-corrected chi connectivity index (χ0v) is 16.1. The highest BCUT2D eigenvalue weighted by Crippen LogP contribution is 2.31. The fourth-order valence-corrected chi connectivity index (χ4v) is 2.90. The summed E-state index contributed by atoms with van der Waals surface area (Å²) >= 11 is 0. The minimum absolute atomic E-state index is 0.163. The molecule has 2 aromatic rings. The van der Waals surface area contributed by atoms with Gasteiger partial charge in [0.25, 0.3) is 11.8 Å². The number of carbonyl (C=O) groups excluding carboxylic acids is 2. The van der Waals surface area contributed by atoms with Crippen LogP contribution < -0.4 is 10.1 Å². The van der Waals surface area contributed by atoms with Gasteiger partial charge >= 0.3 is 0 Å². The van der Waals surface area contributed by atoms with Crippen molar-refractivity contribution in [2.75, 3.05) is 18.5 Å². The molecule has 0 unspecified atom stereocenters. The van der Waals surface area contributed by atoms with Gasteiger partial charge in [0.05, 0.1) is 12.2 Å². The maximum absolute atomic E-state index is 12.9. The van der Waals surface area contributed by atoms with Crippen LogP contribution in [-0.4, -0.2) is 29.9 Å². The molecule has 0 bridgehead atoms. The van der Waals surface area contributed by atoms with Gasteiger partial charge in [0, 0.05) is 12.2 Å². The topological polar surface area (TPSA) is 58.6 Å². The summed E-state index contributed by atoms with van der Waals surface area (Å²) in [5, 5.41) is 3.11. The third-order valence-electron chi connectivity index (χ3n) is 4.25. The lowest BCUT2D eigenvalue weighted by Crippen LogP contribution is -2.32. The first-order valence-electron chi connectivity index (χ1n) is 9.28. The Morgan fingerprint density at radius 3 is 2.32 bits per heavy atom. The fraction of sp³-hybridized carbons (Fsp3) is 0.217. The third kappa shape index (κ3) is 4.14. The van der Waals surface area contributed by atoms with E-state index in [1.807, 2.05) is 42.5 Å². The average Bonchev–Trinajstić information content (AvgIpc) is 2.92. The molecule has 0 spiro atoms. The fourth-order valence-electron chi connectivity index (χ4n) is 2.90. The number of hydrogen-bond acceptors (Lipinski definition) is 4. The lowest BCUT2D eigenvalue weighted by Gasteiger charge is -2.12. The summed E-state index contributed by atoms with van der Waals surface area (Å²) in [5.41, 5.74) is 2.04. The average molecular weight is 376 g/mol. The predicted molar refractivity (Wildman–Crippen MR) is 111 cm³/mol. The Morgan fingerprint density at radius 1 is 1.04 bits per heavy atom. The molecule has 1 aliphatic heterocycles. The van der Waals surface area contributed by atoms with E-state index in [0.29, 0.717) is 23.7 Å². The molecule has 0 saturated carbocycles. The van der Waals surface area contributed by atoms with Crippen LogP contribution in [-0.2, 0) is 9.59 Å². The highest BCUT2D eigenvalue weighted by atomic mass is 16.5. The Balaban J connectivity index is 1.95. The zero-order valence-electron chi connectivity index (χ0n) is 16.1. The minimum atomic E-state index is -0.358. The van der Waals surface area contributed by atoms with Crippen molar-refractivity contribution in [3.05, 3.63) is 78.5 Å². The number of nitrogens with one attached hydrogen (secondary N) is 1. The first-order valence-corrected chi connectivity index (χ1v) is 9.28. The van der Waals surface area contributed by atoms with Crippen LogP contribution in [0.5, 0.6) is 5.75 Å². The van der Waals surface area contributed by atoms with Crippen molar-refractivity contribution >= 4 is 23.1 Å². The van der Waals surface area contributed by atoms with Gasteiger partial charge in [-0.3, -0.25) is 14.5 Å². The van der Waals surface area contributed by atoms with Crippen LogP contribution >= 0.6 is 0 Å². The Kier molecular flexibility index (Phi) is 5.94.